The van der Waals surface area contributed by atoms with E-state index in [1.54, 1.807) is 6.92 Å². The van der Waals surface area contributed by atoms with Crippen LogP contribution in [0.3, 0.4) is 0 Å². The third-order valence-electron chi connectivity index (χ3n) is 1.52. The Morgan fingerprint density at radius 1 is 1.40 bits per heavy atom. The molecule has 0 amide bonds. The van der Waals surface area contributed by atoms with Gasteiger partial charge in [-0.1, -0.05) is 29.8 Å². The Labute approximate surface area is 61.3 Å². The second kappa shape index (κ2) is 2.84. The normalized spacial score (nSPS) is 13.1. The van der Waals surface area contributed by atoms with Crippen LogP contribution in [0.4, 0.5) is 0 Å². The minimum Gasteiger partial charge on any atom is -0.389 e. The molecule has 0 spiro atoms. The fourth-order valence-electron chi connectivity index (χ4n) is 0.930. The molecule has 1 rings (SSSR count). The molecule has 1 nitrogen and oxygen atoms in total. The summed E-state index contributed by atoms with van der Waals surface area (Å²) in [5, 5.41) is 9.15. The van der Waals surface area contributed by atoms with Crippen LogP contribution >= 0.6 is 0 Å². The van der Waals surface area contributed by atoms with E-state index in [4.69, 9.17) is 5.11 Å². The van der Waals surface area contributed by atoms with Gasteiger partial charge in [0.15, 0.2) is 0 Å². The van der Waals surface area contributed by atoms with Crippen LogP contribution in [0.2, 0.25) is 0 Å². The Balaban J connectivity index is 2.96. The van der Waals surface area contributed by atoms with E-state index in [0.29, 0.717) is 0 Å². The maximum Gasteiger partial charge on any atom is 0.0762 e. The molecule has 1 aromatic carbocycles. The largest absolute Gasteiger partial charge is 0.389 e. The lowest BCUT2D eigenvalue weighted by atomic mass is 10.1. The van der Waals surface area contributed by atoms with E-state index in [1.807, 2.05) is 31.2 Å². The molecule has 0 saturated heterocycles. The van der Waals surface area contributed by atoms with Crippen LogP contribution in [0.15, 0.2) is 24.3 Å². The Kier molecular flexibility index (Phi) is 2.07. The van der Waals surface area contributed by atoms with Crippen molar-refractivity contribution in [3.8, 4) is 0 Å². The summed E-state index contributed by atoms with van der Waals surface area (Å²) >= 11 is 0. The summed E-state index contributed by atoms with van der Waals surface area (Å²) in [5.74, 6) is 0. The molecule has 0 aromatic heterocycles. The summed E-state index contributed by atoms with van der Waals surface area (Å²) in [4.78, 5) is 0. The third kappa shape index (κ3) is 1.58. The number of aliphatic hydroxyl groups excluding tert-OH is 1. The van der Waals surface area contributed by atoms with Gasteiger partial charge in [-0.25, -0.2) is 0 Å². The minimum atomic E-state index is -0.347. The molecular weight excluding hydrogens is 124 g/mol. The van der Waals surface area contributed by atoms with Crippen LogP contribution in [0.5, 0.6) is 0 Å². The second-order valence-electron chi connectivity index (χ2n) is 2.59. The fourth-order valence-corrected chi connectivity index (χ4v) is 0.930. The van der Waals surface area contributed by atoms with Crippen molar-refractivity contribution in [2.24, 2.45) is 0 Å². The van der Waals surface area contributed by atoms with Crippen molar-refractivity contribution in [3.63, 3.8) is 0 Å². The monoisotopic (exact) mass is 136 g/mol. The maximum atomic E-state index is 9.15. The van der Waals surface area contributed by atoms with Crippen LogP contribution in [0, 0.1) is 6.92 Å². The average molecular weight is 136 g/mol. The van der Waals surface area contributed by atoms with E-state index in [-0.39, 0.29) is 6.10 Å². The molecule has 0 aliphatic heterocycles. The Bertz CT molecular complexity index is 216. The first-order valence-electron chi connectivity index (χ1n) is 3.45. The predicted octanol–water partition coefficient (Wildman–Crippen LogP) is 2.05. The zero-order valence-electron chi connectivity index (χ0n) is 6.33. The molecule has 54 valence electrons. The van der Waals surface area contributed by atoms with E-state index in [0.717, 1.165) is 5.56 Å². The number of aliphatic hydroxyl groups is 1. The Morgan fingerprint density at radius 2 is 2.10 bits per heavy atom. The number of hydrogen-bond acceptors (Lipinski definition) is 1. The molecule has 1 heteroatoms. The lowest BCUT2D eigenvalue weighted by Crippen LogP contribution is -1.89. The molecule has 1 N–H and O–H groups in total. The van der Waals surface area contributed by atoms with Crippen LogP contribution in [0.25, 0.3) is 0 Å². The molecule has 0 bridgehead atoms. The molecule has 1 unspecified atom stereocenters. The van der Waals surface area contributed by atoms with Crippen molar-refractivity contribution in [2.75, 3.05) is 0 Å². The highest BCUT2D eigenvalue weighted by atomic mass is 16.3. The van der Waals surface area contributed by atoms with Crippen molar-refractivity contribution in [3.05, 3.63) is 35.4 Å². The predicted molar refractivity (Wildman–Crippen MR) is 41.8 cm³/mol. The molecule has 1 aromatic rings. The molecule has 0 fully saturated rings. The Morgan fingerprint density at radius 3 is 2.50 bits per heavy atom. The van der Waals surface area contributed by atoms with E-state index in [2.05, 4.69) is 0 Å². The zero-order chi connectivity index (χ0) is 7.56. The average Bonchev–Trinajstić information content (AvgIpc) is 1.88. The fraction of sp³-hybridized carbons (Fsp3) is 0.333. The topological polar surface area (TPSA) is 20.2 Å². The van der Waals surface area contributed by atoms with Crippen molar-refractivity contribution in [1.82, 2.24) is 0 Å². The second-order valence-corrected chi connectivity index (χ2v) is 2.59. The van der Waals surface area contributed by atoms with E-state index in [1.165, 1.54) is 5.56 Å². The standard InChI is InChI=1S/C9H12O/c1-7-4-3-5-9(6-7)8(2)10/h3-6,8,10H,1-2H3. The first-order chi connectivity index (χ1) is 4.70. The lowest BCUT2D eigenvalue weighted by molar-refractivity contribution is 0.199. The van der Waals surface area contributed by atoms with Gasteiger partial charge in [0, 0.05) is 0 Å². The molecular formula is C9H12O. The van der Waals surface area contributed by atoms with Gasteiger partial charge in [0.1, 0.15) is 0 Å². The van der Waals surface area contributed by atoms with Crippen LogP contribution in [-0.2, 0) is 0 Å². The van der Waals surface area contributed by atoms with Gasteiger partial charge in [-0.3, -0.25) is 0 Å². The Hall–Kier alpha value is -0.820. The van der Waals surface area contributed by atoms with Gasteiger partial charge in [-0.05, 0) is 19.4 Å². The van der Waals surface area contributed by atoms with E-state index in [9.17, 15) is 0 Å². The van der Waals surface area contributed by atoms with Gasteiger partial charge < -0.3 is 5.11 Å². The van der Waals surface area contributed by atoms with E-state index < -0.39 is 0 Å². The number of rotatable bonds is 1. The quantitative estimate of drug-likeness (QED) is 0.626. The first-order valence-corrected chi connectivity index (χ1v) is 3.45. The van der Waals surface area contributed by atoms with Crippen molar-refractivity contribution in [1.29, 1.82) is 0 Å². The first kappa shape index (κ1) is 7.29. The number of aryl methyl sites for hydroxylation is 1. The van der Waals surface area contributed by atoms with Gasteiger partial charge in [0.25, 0.3) is 0 Å². The summed E-state index contributed by atoms with van der Waals surface area (Å²) in [5.41, 5.74) is 2.18. The molecule has 0 heterocycles. The summed E-state index contributed by atoms with van der Waals surface area (Å²) in [6.07, 6.45) is -0.347. The highest BCUT2D eigenvalue weighted by Gasteiger charge is 1.97. The van der Waals surface area contributed by atoms with Crippen molar-refractivity contribution in [2.45, 2.75) is 20.0 Å². The van der Waals surface area contributed by atoms with Gasteiger partial charge in [0.2, 0.25) is 0 Å². The molecule has 0 aliphatic rings. The molecule has 10 heavy (non-hydrogen) atoms. The molecule has 0 radical (unpaired) electrons. The summed E-state index contributed by atoms with van der Waals surface area (Å²) < 4.78 is 0. The van der Waals surface area contributed by atoms with Gasteiger partial charge in [0.05, 0.1) is 6.10 Å². The number of hydrogen-bond donors (Lipinski definition) is 1. The summed E-state index contributed by atoms with van der Waals surface area (Å²) in [7, 11) is 0. The highest BCUT2D eigenvalue weighted by molar-refractivity contribution is 5.23. The molecule has 0 aliphatic carbocycles. The zero-order valence-corrected chi connectivity index (χ0v) is 6.33. The van der Waals surface area contributed by atoms with Gasteiger partial charge in [-0.15, -0.1) is 0 Å². The highest BCUT2D eigenvalue weighted by Crippen LogP contribution is 2.12. The summed E-state index contributed by atoms with van der Waals surface area (Å²) in [6, 6.07) is 7.89. The molecule has 0 saturated carbocycles. The summed E-state index contributed by atoms with van der Waals surface area (Å²) in [6.45, 7) is 3.79. The SMILES string of the molecule is Cc1cccc(C(C)O)c1. The van der Waals surface area contributed by atoms with Crippen LogP contribution < -0.4 is 0 Å². The van der Waals surface area contributed by atoms with Crippen molar-refractivity contribution < 1.29 is 5.11 Å². The van der Waals surface area contributed by atoms with Gasteiger partial charge >= 0.3 is 0 Å². The van der Waals surface area contributed by atoms with Crippen LogP contribution in [0.1, 0.15) is 24.2 Å². The van der Waals surface area contributed by atoms with Gasteiger partial charge in [-0.2, -0.15) is 0 Å². The third-order valence-corrected chi connectivity index (χ3v) is 1.52. The smallest absolute Gasteiger partial charge is 0.0762 e. The lowest BCUT2D eigenvalue weighted by Gasteiger charge is -2.03. The van der Waals surface area contributed by atoms with E-state index >= 15 is 0 Å². The molecule has 1 atom stereocenters. The number of benzene rings is 1. The maximum absolute atomic E-state index is 9.15. The minimum absolute atomic E-state index is 0.347. The van der Waals surface area contributed by atoms with Crippen LogP contribution in [-0.4, -0.2) is 5.11 Å². The van der Waals surface area contributed by atoms with Crippen molar-refractivity contribution >= 4 is 0 Å².